The first-order chi connectivity index (χ1) is 9.20. The number of furan rings is 1. The number of carbonyl (C=O) groups is 1. The van der Waals surface area contributed by atoms with E-state index in [2.05, 4.69) is 10.5 Å². The third kappa shape index (κ3) is 3.22. The Balaban J connectivity index is 2.07. The Hall–Kier alpha value is -2.56. The molecule has 0 aliphatic heterocycles. The van der Waals surface area contributed by atoms with Crippen molar-refractivity contribution in [3.8, 4) is 5.75 Å². The van der Waals surface area contributed by atoms with E-state index in [9.17, 15) is 4.79 Å². The average molecular weight is 258 g/mol. The molecule has 1 N–H and O–H groups in total. The number of nitrogens with zero attached hydrogens (tertiary/aromatic N) is 1. The van der Waals surface area contributed by atoms with Gasteiger partial charge in [0.05, 0.1) is 13.4 Å². The van der Waals surface area contributed by atoms with Gasteiger partial charge in [0.1, 0.15) is 17.2 Å². The maximum Gasteiger partial charge on any atom is 0.271 e. The van der Waals surface area contributed by atoms with E-state index in [1.54, 1.807) is 56.7 Å². The minimum Gasteiger partial charge on any atom is -0.497 e. The summed E-state index contributed by atoms with van der Waals surface area (Å²) in [5.74, 6) is 0.940. The molecule has 1 aromatic heterocycles. The first kappa shape index (κ1) is 12.9. The van der Waals surface area contributed by atoms with Crippen LogP contribution < -0.4 is 10.2 Å². The summed E-state index contributed by atoms with van der Waals surface area (Å²) >= 11 is 0. The predicted octanol–water partition coefficient (Wildman–Crippen LogP) is 2.44. The van der Waals surface area contributed by atoms with E-state index in [0.29, 0.717) is 22.8 Å². The predicted molar refractivity (Wildman–Crippen MR) is 71.4 cm³/mol. The van der Waals surface area contributed by atoms with Gasteiger partial charge in [-0.1, -0.05) is 6.07 Å². The molecule has 98 valence electrons. The SMILES string of the molecule is COc1cccc(C(=O)N/N=C(/C)c2ccco2)c1. The molecule has 0 aliphatic carbocycles. The molecule has 0 aliphatic rings. The fourth-order valence-electron chi connectivity index (χ4n) is 1.50. The lowest BCUT2D eigenvalue weighted by atomic mass is 10.2. The van der Waals surface area contributed by atoms with Crippen LogP contribution in [0.4, 0.5) is 0 Å². The van der Waals surface area contributed by atoms with E-state index in [-0.39, 0.29) is 5.91 Å². The Morgan fingerprint density at radius 2 is 2.16 bits per heavy atom. The van der Waals surface area contributed by atoms with Gasteiger partial charge in [0.25, 0.3) is 5.91 Å². The Morgan fingerprint density at radius 1 is 1.32 bits per heavy atom. The third-order valence-corrected chi connectivity index (χ3v) is 2.53. The number of hydrogen-bond acceptors (Lipinski definition) is 4. The van der Waals surface area contributed by atoms with Crippen molar-refractivity contribution in [1.29, 1.82) is 0 Å². The van der Waals surface area contributed by atoms with Crippen molar-refractivity contribution in [2.24, 2.45) is 5.10 Å². The van der Waals surface area contributed by atoms with Crippen molar-refractivity contribution in [3.05, 3.63) is 54.0 Å². The number of nitrogens with one attached hydrogen (secondary N) is 1. The van der Waals surface area contributed by atoms with Gasteiger partial charge in [-0.3, -0.25) is 4.79 Å². The zero-order valence-electron chi connectivity index (χ0n) is 10.7. The summed E-state index contributed by atoms with van der Waals surface area (Å²) in [4.78, 5) is 11.9. The molecule has 0 saturated carbocycles. The highest BCUT2D eigenvalue weighted by molar-refractivity contribution is 5.99. The van der Waals surface area contributed by atoms with Crippen LogP contribution in [0.5, 0.6) is 5.75 Å². The van der Waals surface area contributed by atoms with Crippen LogP contribution in [0.2, 0.25) is 0 Å². The maximum absolute atomic E-state index is 11.9. The number of amides is 1. The van der Waals surface area contributed by atoms with Crippen molar-refractivity contribution in [2.45, 2.75) is 6.92 Å². The summed E-state index contributed by atoms with van der Waals surface area (Å²) < 4.78 is 10.2. The molecule has 5 heteroatoms. The van der Waals surface area contributed by atoms with Gasteiger partial charge in [-0.15, -0.1) is 0 Å². The molecule has 2 rings (SSSR count). The normalized spacial score (nSPS) is 11.2. The van der Waals surface area contributed by atoms with Crippen LogP contribution in [-0.2, 0) is 0 Å². The van der Waals surface area contributed by atoms with Gasteiger partial charge in [-0.25, -0.2) is 5.43 Å². The average Bonchev–Trinajstić information content (AvgIpc) is 2.98. The molecule has 5 nitrogen and oxygen atoms in total. The van der Waals surface area contributed by atoms with Gasteiger partial charge >= 0.3 is 0 Å². The Labute approximate surface area is 110 Å². The quantitative estimate of drug-likeness (QED) is 0.676. The van der Waals surface area contributed by atoms with Crippen LogP contribution >= 0.6 is 0 Å². The monoisotopic (exact) mass is 258 g/mol. The number of ether oxygens (including phenoxy) is 1. The van der Waals surface area contributed by atoms with Crippen molar-refractivity contribution < 1.29 is 13.9 Å². The van der Waals surface area contributed by atoms with Crippen LogP contribution in [0.15, 0.2) is 52.2 Å². The lowest BCUT2D eigenvalue weighted by Gasteiger charge is -2.03. The zero-order valence-corrected chi connectivity index (χ0v) is 10.7. The van der Waals surface area contributed by atoms with Crippen molar-refractivity contribution in [1.82, 2.24) is 5.43 Å². The second-order valence-electron chi connectivity index (χ2n) is 3.85. The molecule has 0 saturated heterocycles. The molecular weight excluding hydrogens is 244 g/mol. The fourth-order valence-corrected chi connectivity index (χ4v) is 1.50. The summed E-state index contributed by atoms with van der Waals surface area (Å²) in [7, 11) is 1.55. The zero-order chi connectivity index (χ0) is 13.7. The highest BCUT2D eigenvalue weighted by Gasteiger charge is 2.06. The molecule has 19 heavy (non-hydrogen) atoms. The standard InChI is InChI=1S/C14H14N2O3/c1-10(13-7-4-8-19-13)15-16-14(17)11-5-3-6-12(9-11)18-2/h3-9H,1-2H3,(H,16,17)/b15-10-. The molecule has 1 aromatic carbocycles. The highest BCUT2D eigenvalue weighted by atomic mass is 16.5. The van der Waals surface area contributed by atoms with Crippen molar-refractivity contribution in [3.63, 3.8) is 0 Å². The van der Waals surface area contributed by atoms with Crippen LogP contribution in [0.1, 0.15) is 23.0 Å². The smallest absolute Gasteiger partial charge is 0.271 e. The third-order valence-electron chi connectivity index (χ3n) is 2.53. The Morgan fingerprint density at radius 3 is 2.84 bits per heavy atom. The molecule has 1 amide bonds. The number of hydrazone groups is 1. The summed E-state index contributed by atoms with van der Waals surface area (Å²) in [6.07, 6.45) is 1.55. The molecule has 0 bridgehead atoms. The van der Waals surface area contributed by atoms with Crippen LogP contribution in [0.25, 0.3) is 0 Å². The summed E-state index contributed by atoms with van der Waals surface area (Å²) in [6, 6.07) is 10.4. The van der Waals surface area contributed by atoms with Crippen LogP contribution in [-0.4, -0.2) is 18.7 Å². The number of rotatable bonds is 4. The van der Waals surface area contributed by atoms with Crippen molar-refractivity contribution in [2.75, 3.05) is 7.11 Å². The van der Waals surface area contributed by atoms with E-state index in [4.69, 9.17) is 9.15 Å². The molecule has 0 spiro atoms. The van der Waals surface area contributed by atoms with Gasteiger partial charge in [-0.2, -0.15) is 5.10 Å². The van der Waals surface area contributed by atoms with Gasteiger partial charge in [0, 0.05) is 5.56 Å². The first-order valence-corrected chi connectivity index (χ1v) is 5.73. The number of methoxy groups -OCH3 is 1. The Kier molecular flexibility index (Phi) is 3.97. The van der Waals surface area contributed by atoms with E-state index < -0.39 is 0 Å². The van der Waals surface area contributed by atoms with E-state index in [1.165, 1.54) is 0 Å². The fraction of sp³-hybridized carbons (Fsp3) is 0.143. The molecule has 1 heterocycles. The number of benzene rings is 1. The highest BCUT2D eigenvalue weighted by Crippen LogP contribution is 2.12. The molecular formula is C14H14N2O3. The lowest BCUT2D eigenvalue weighted by molar-refractivity contribution is 0.0954. The first-order valence-electron chi connectivity index (χ1n) is 5.73. The van der Waals surface area contributed by atoms with Crippen LogP contribution in [0.3, 0.4) is 0 Å². The lowest BCUT2D eigenvalue weighted by Crippen LogP contribution is -2.19. The minimum atomic E-state index is -0.301. The topological polar surface area (TPSA) is 63.8 Å². The summed E-state index contributed by atoms with van der Waals surface area (Å²) in [5.41, 5.74) is 3.55. The maximum atomic E-state index is 11.9. The second kappa shape index (κ2) is 5.86. The largest absolute Gasteiger partial charge is 0.497 e. The molecule has 0 unspecified atom stereocenters. The molecule has 0 atom stereocenters. The van der Waals surface area contributed by atoms with E-state index in [0.717, 1.165) is 0 Å². The molecule has 2 aromatic rings. The van der Waals surface area contributed by atoms with E-state index in [1.807, 2.05) is 0 Å². The van der Waals surface area contributed by atoms with Gasteiger partial charge in [0.15, 0.2) is 0 Å². The van der Waals surface area contributed by atoms with Gasteiger partial charge in [0.2, 0.25) is 0 Å². The second-order valence-corrected chi connectivity index (χ2v) is 3.85. The van der Waals surface area contributed by atoms with Crippen molar-refractivity contribution >= 4 is 11.6 Å². The Bertz CT molecular complexity index is 588. The van der Waals surface area contributed by atoms with Gasteiger partial charge in [-0.05, 0) is 37.3 Å². The minimum absolute atomic E-state index is 0.301. The number of hydrogen-bond donors (Lipinski definition) is 1. The van der Waals surface area contributed by atoms with E-state index >= 15 is 0 Å². The van der Waals surface area contributed by atoms with Crippen LogP contribution in [0, 0.1) is 0 Å². The summed E-state index contributed by atoms with van der Waals surface area (Å²) in [6.45, 7) is 1.75. The molecule has 0 fully saturated rings. The number of carbonyl (C=O) groups excluding carboxylic acids is 1. The van der Waals surface area contributed by atoms with Gasteiger partial charge < -0.3 is 9.15 Å². The molecule has 0 radical (unpaired) electrons. The summed E-state index contributed by atoms with van der Waals surface area (Å²) in [5, 5.41) is 3.98.